The first-order valence-electron chi connectivity index (χ1n) is 6.49. The van der Waals surface area contributed by atoms with E-state index in [2.05, 4.69) is 4.74 Å². The van der Waals surface area contributed by atoms with E-state index in [1.54, 1.807) is 12.1 Å². The molecule has 0 spiro atoms. The molecule has 0 fully saturated rings. The minimum atomic E-state index is -4.38. The summed E-state index contributed by atoms with van der Waals surface area (Å²) in [6.45, 7) is 0.585. The molecule has 1 aromatic carbocycles. The molecule has 114 valence electrons. The van der Waals surface area contributed by atoms with Gasteiger partial charge in [0.2, 0.25) is 0 Å². The van der Waals surface area contributed by atoms with Gasteiger partial charge < -0.3 is 4.74 Å². The Morgan fingerprint density at radius 1 is 1.38 bits per heavy atom. The molecule has 21 heavy (non-hydrogen) atoms. The summed E-state index contributed by atoms with van der Waals surface area (Å²) >= 11 is 0. The monoisotopic (exact) mass is 299 g/mol. The molecule has 0 aromatic heterocycles. The maximum absolute atomic E-state index is 12.8. The van der Waals surface area contributed by atoms with Gasteiger partial charge in [-0.15, -0.1) is 0 Å². The molecule has 2 rings (SSSR count). The molecule has 6 heteroatoms. The van der Waals surface area contributed by atoms with Crippen molar-refractivity contribution >= 4 is 5.97 Å². The van der Waals surface area contributed by atoms with Crippen molar-refractivity contribution in [3.63, 3.8) is 0 Å². The molecule has 1 aliphatic heterocycles. The van der Waals surface area contributed by atoms with Gasteiger partial charge in [-0.1, -0.05) is 18.2 Å². The first-order valence-corrected chi connectivity index (χ1v) is 6.49. The second-order valence-electron chi connectivity index (χ2n) is 4.98. The number of esters is 1. The minimum absolute atomic E-state index is 0.366. The molecule has 0 amide bonds. The number of hydrogen-bond acceptors (Lipinski definition) is 3. The van der Waals surface area contributed by atoms with Gasteiger partial charge in [-0.2, -0.15) is 13.2 Å². The number of carbonyl (C=O) groups is 1. The van der Waals surface area contributed by atoms with Crippen LogP contribution in [0.4, 0.5) is 13.2 Å². The van der Waals surface area contributed by atoms with Crippen LogP contribution in [0.3, 0.4) is 0 Å². The van der Waals surface area contributed by atoms with Crippen molar-refractivity contribution in [2.45, 2.75) is 18.6 Å². The first-order chi connectivity index (χ1) is 9.82. The van der Waals surface area contributed by atoms with E-state index in [-0.39, 0.29) is 6.04 Å². The summed E-state index contributed by atoms with van der Waals surface area (Å²) in [6, 6.07) is 4.81. The fourth-order valence-corrected chi connectivity index (χ4v) is 2.39. The van der Waals surface area contributed by atoms with Crippen LogP contribution in [0, 0.1) is 0 Å². The van der Waals surface area contributed by atoms with Crippen molar-refractivity contribution in [2.75, 3.05) is 20.7 Å². The van der Waals surface area contributed by atoms with Gasteiger partial charge in [0.1, 0.15) is 0 Å². The number of likely N-dealkylation sites (N-methyl/N-ethyl adjacent to an activating group) is 1. The van der Waals surface area contributed by atoms with Crippen LogP contribution in [-0.2, 0) is 15.7 Å². The van der Waals surface area contributed by atoms with Crippen molar-refractivity contribution in [3.05, 3.63) is 47.0 Å². The summed E-state index contributed by atoms with van der Waals surface area (Å²) in [5.74, 6) is -0.430. The number of benzene rings is 1. The number of rotatable bonds is 2. The largest absolute Gasteiger partial charge is 0.466 e. The Labute approximate surface area is 121 Å². The number of ether oxygens (including phenoxy) is 1. The van der Waals surface area contributed by atoms with Crippen molar-refractivity contribution < 1.29 is 22.7 Å². The van der Waals surface area contributed by atoms with Gasteiger partial charge in [-0.25, -0.2) is 4.79 Å². The van der Waals surface area contributed by atoms with Gasteiger partial charge in [0.05, 0.1) is 18.7 Å². The average Bonchev–Trinajstić information content (AvgIpc) is 2.46. The van der Waals surface area contributed by atoms with Crippen LogP contribution >= 0.6 is 0 Å². The van der Waals surface area contributed by atoms with Gasteiger partial charge in [-0.05, 0) is 31.2 Å². The second kappa shape index (κ2) is 5.89. The molecule has 1 atom stereocenters. The zero-order valence-electron chi connectivity index (χ0n) is 11.8. The highest BCUT2D eigenvalue weighted by atomic mass is 19.4. The Hall–Kier alpha value is -1.82. The fourth-order valence-electron chi connectivity index (χ4n) is 2.39. The van der Waals surface area contributed by atoms with Crippen LogP contribution in [0.1, 0.15) is 23.6 Å². The minimum Gasteiger partial charge on any atom is -0.466 e. The molecule has 0 saturated heterocycles. The van der Waals surface area contributed by atoms with Crippen molar-refractivity contribution in [1.29, 1.82) is 0 Å². The molecule has 1 aliphatic rings. The number of methoxy groups -OCH3 is 1. The third kappa shape index (κ3) is 3.44. The SMILES string of the molecule is COC(=O)C1=CC(c2cccc(C(F)(F)F)c2)N(C)CC1. The summed E-state index contributed by atoms with van der Waals surface area (Å²) < 4.78 is 43.0. The number of halogens is 3. The molecule has 0 aliphatic carbocycles. The zero-order chi connectivity index (χ0) is 15.6. The third-order valence-corrected chi connectivity index (χ3v) is 3.57. The standard InChI is InChI=1S/C15H16F3NO2/c1-19-7-6-11(14(20)21-2)9-13(19)10-4-3-5-12(8-10)15(16,17)18/h3-5,8-9,13H,6-7H2,1-2H3. The Kier molecular flexibility index (Phi) is 4.37. The first kappa shape index (κ1) is 15.6. The van der Waals surface area contributed by atoms with E-state index in [0.717, 1.165) is 12.1 Å². The molecule has 0 radical (unpaired) electrons. The second-order valence-corrected chi connectivity index (χ2v) is 4.98. The fraction of sp³-hybridized carbons (Fsp3) is 0.400. The summed E-state index contributed by atoms with van der Waals surface area (Å²) in [6.07, 6.45) is -2.18. The van der Waals surface area contributed by atoms with Crippen molar-refractivity contribution in [2.24, 2.45) is 0 Å². The van der Waals surface area contributed by atoms with E-state index < -0.39 is 17.7 Å². The lowest BCUT2D eigenvalue weighted by Crippen LogP contribution is -2.30. The van der Waals surface area contributed by atoms with E-state index in [4.69, 9.17) is 0 Å². The van der Waals surface area contributed by atoms with Crippen molar-refractivity contribution in [1.82, 2.24) is 4.90 Å². The molecule has 3 nitrogen and oxygen atoms in total. The quantitative estimate of drug-likeness (QED) is 0.786. The van der Waals surface area contributed by atoms with E-state index in [1.165, 1.54) is 13.2 Å². The molecular weight excluding hydrogens is 283 g/mol. The lowest BCUT2D eigenvalue weighted by Gasteiger charge is -2.31. The number of nitrogens with zero attached hydrogens (tertiary/aromatic N) is 1. The maximum atomic E-state index is 12.8. The van der Waals surface area contributed by atoms with Crippen LogP contribution in [0.25, 0.3) is 0 Å². The lowest BCUT2D eigenvalue weighted by atomic mass is 9.95. The predicted octanol–water partition coefficient (Wildman–Crippen LogP) is 3.18. The van der Waals surface area contributed by atoms with Gasteiger partial charge in [0, 0.05) is 12.1 Å². The molecule has 0 bridgehead atoms. The molecule has 1 unspecified atom stereocenters. The summed E-state index contributed by atoms with van der Waals surface area (Å²) in [5.41, 5.74) is 0.318. The third-order valence-electron chi connectivity index (χ3n) is 3.57. The number of alkyl halides is 3. The van der Waals surface area contributed by atoms with Gasteiger partial charge in [0.15, 0.2) is 0 Å². The molecule has 1 heterocycles. The van der Waals surface area contributed by atoms with E-state index in [1.807, 2.05) is 11.9 Å². The predicted molar refractivity (Wildman–Crippen MR) is 71.5 cm³/mol. The van der Waals surface area contributed by atoms with Gasteiger partial charge in [-0.3, -0.25) is 4.90 Å². The smallest absolute Gasteiger partial charge is 0.416 e. The molecule has 0 saturated carbocycles. The van der Waals surface area contributed by atoms with Crippen LogP contribution in [0.2, 0.25) is 0 Å². The van der Waals surface area contributed by atoms with Crippen LogP contribution in [-0.4, -0.2) is 31.6 Å². The Balaban J connectivity index is 2.37. The number of carbonyl (C=O) groups excluding carboxylic acids is 1. The van der Waals surface area contributed by atoms with Crippen LogP contribution in [0.5, 0.6) is 0 Å². The highest BCUT2D eigenvalue weighted by Gasteiger charge is 2.32. The average molecular weight is 299 g/mol. The Morgan fingerprint density at radius 3 is 2.71 bits per heavy atom. The summed E-state index contributed by atoms with van der Waals surface area (Å²) in [5, 5.41) is 0. The molecule has 0 N–H and O–H groups in total. The normalized spacial score (nSPS) is 20.0. The lowest BCUT2D eigenvalue weighted by molar-refractivity contribution is -0.138. The van der Waals surface area contributed by atoms with E-state index in [0.29, 0.717) is 24.1 Å². The van der Waals surface area contributed by atoms with Gasteiger partial charge >= 0.3 is 12.1 Å². The van der Waals surface area contributed by atoms with Gasteiger partial charge in [0.25, 0.3) is 0 Å². The summed E-state index contributed by atoms with van der Waals surface area (Å²) in [4.78, 5) is 13.5. The molecular formula is C15H16F3NO2. The van der Waals surface area contributed by atoms with Crippen LogP contribution in [0.15, 0.2) is 35.9 Å². The molecule has 1 aromatic rings. The summed E-state index contributed by atoms with van der Waals surface area (Å²) in [7, 11) is 3.11. The van der Waals surface area contributed by atoms with E-state index >= 15 is 0 Å². The van der Waals surface area contributed by atoms with Crippen molar-refractivity contribution in [3.8, 4) is 0 Å². The highest BCUT2D eigenvalue weighted by Crippen LogP contribution is 2.34. The topological polar surface area (TPSA) is 29.5 Å². The zero-order valence-corrected chi connectivity index (χ0v) is 11.8. The highest BCUT2D eigenvalue weighted by molar-refractivity contribution is 5.88. The Bertz CT molecular complexity index is 566. The van der Waals surface area contributed by atoms with Crippen LogP contribution < -0.4 is 0 Å². The Morgan fingerprint density at radius 2 is 2.10 bits per heavy atom. The number of hydrogen-bond donors (Lipinski definition) is 0. The maximum Gasteiger partial charge on any atom is 0.416 e. The van der Waals surface area contributed by atoms with E-state index in [9.17, 15) is 18.0 Å².